The zero-order chi connectivity index (χ0) is 24.2. The normalized spacial score (nSPS) is 14.1. The fraction of sp³-hybridized carbons (Fsp3) is 0.0345. The maximum Gasteiger partial charge on any atom is 0.358 e. The molecule has 0 amide bonds. The molecule has 0 fully saturated rings. The van der Waals surface area contributed by atoms with Gasteiger partial charge in [-0.15, -0.1) is 0 Å². The fourth-order valence-electron chi connectivity index (χ4n) is 7.02. The second-order valence-corrected chi connectivity index (χ2v) is 10.0. The monoisotopic (exact) mass is 477 g/mol. The highest BCUT2D eigenvalue weighted by Gasteiger charge is 2.48. The van der Waals surface area contributed by atoms with E-state index in [-0.39, 0.29) is 12.4 Å². The number of aryl methyl sites for hydroxylation is 1. The number of para-hydroxylation sites is 3. The Balaban J connectivity index is 1.45. The highest BCUT2D eigenvalue weighted by Crippen LogP contribution is 2.49. The Morgan fingerprint density at radius 1 is 0.811 bits per heavy atom. The van der Waals surface area contributed by atoms with E-state index in [2.05, 4.69) is 75.7 Å². The average Bonchev–Trinajstić information content (AvgIpc) is 3.64. The van der Waals surface area contributed by atoms with E-state index >= 15 is 0 Å². The molecule has 7 aromatic rings. The Hall–Kier alpha value is -4.98. The van der Waals surface area contributed by atoms with E-state index in [1.165, 1.54) is 0 Å². The topological polar surface area (TPSA) is 61.1 Å². The Labute approximate surface area is 209 Å². The molecule has 6 heterocycles. The third-order valence-corrected chi connectivity index (χ3v) is 8.32. The van der Waals surface area contributed by atoms with Crippen LogP contribution in [-0.4, -0.2) is 25.7 Å². The lowest BCUT2D eigenvalue weighted by molar-refractivity contribution is 0.663. The minimum absolute atomic E-state index is 0.109. The summed E-state index contributed by atoms with van der Waals surface area (Å²) in [6.45, 7) is 1.80. The number of hydrogen-bond donors (Lipinski definition) is 0. The van der Waals surface area contributed by atoms with Gasteiger partial charge < -0.3 is 9.32 Å². The number of rotatable bonds is 0. The van der Waals surface area contributed by atoms with Crippen molar-refractivity contribution in [2.24, 2.45) is 0 Å². The summed E-state index contributed by atoms with van der Waals surface area (Å²) in [5, 5.41) is 0.944. The van der Waals surface area contributed by atoms with Gasteiger partial charge in [-0.05, 0) is 54.9 Å². The van der Waals surface area contributed by atoms with Gasteiger partial charge in [0.2, 0.25) is 5.58 Å². The third-order valence-electron chi connectivity index (χ3n) is 8.32. The van der Waals surface area contributed by atoms with Gasteiger partial charge in [-0.1, -0.05) is 36.4 Å². The molecule has 0 aliphatic carbocycles. The van der Waals surface area contributed by atoms with Crippen LogP contribution in [0.15, 0.2) is 88.1 Å². The Morgan fingerprint density at radius 3 is 2.57 bits per heavy atom. The highest BCUT2D eigenvalue weighted by atomic mass is 16.3. The smallest absolute Gasteiger partial charge is 0.358 e. The number of fused-ring (bicyclic) bond motifs is 12. The van der Waals surface area contributed by atoms with Gasteiger partial charge in [0.1, 0.15) is 16.9 Å². The van der Waals surface area contributed by atoms with Crippen LogP contribution < -0.4 is 21.4 Å². The van der Waals surface area contributed by atoms with Crippen LogP contribution in [0.1, 0.15) is 5.82 Å². The number of aromatic nitrogens is 4. The summed E-state index contributed by atoms with van der Waals surface area (Å²) in [6, 6.07) is 27.0. The lowest BCUT2D eigenvalue weighted by atomic mass is 9.48. The molecule has 7 nitrogen and oxygen atoms in total. The molecule has 0 unspecified atom stereocenters. The van der Waals surface area contributed by atoms with Gasteiger partial charge in [0, 0.05) is 16.5 Å². The molecule has 0 radical (unpaired) electrons. The molecule has 8 heteroatoms. The standard InChI is InChI=1S/C29H16BN5O2/c1-15-31-18-9-6-11-21-26(18)32(15)22-14-13-20-24-27(22)33(21)19-10-4-3-8-17(19)30(24)35-29(36)28-25(34(20)35)16-7-2-5-12-23(16)37-28/h2-14H,1H3. The molecule has 0 saturated carbocycles. The van der Waals surface area contributed by atoms with Crippen LogP contribution in [0, 0.1) is 6.92 Å². The first-order chi connectivity index (χ1) is 18.2. The van der Waals surface area contributed by atoms with Gasteiger partial charge in [-0.25, -0.2) is 4.98 Å². The first kappa shape index (κ1) is 18.3. The number of anilines is 3. The van der Waals surface area contributed by atoms with Gasteiger partial charge >= 0.3 is 6.85 Å². The van der Waals surface area contributed by atoms with E-state index in [1.807, 2.05) is 28.9 Å². The highest BCUT2D eigenvalue weighted by molar-refractivity contribution is 6.88. The predicted molar refractivity (Wildman–Crippen MR) is 145 cm³/mol. The van der Waals surface area contributed by atoms with Gasteiger partial charge in [-0.2, -0.15) is 0 Å². The maximum atomic E-state index is 14.0. The van der Waals surface area contributed by atoms with E-state index in [4.69, 9.17) is 9.40 Å². The number of furan rings is 1. The van der Waals surface area contributed by atoms with Crippen molar-refractivity contribution in [3.8, 4) is 11.4 Å². The zero-order valence-electron chi connectivity index (χ0n) is 19.6. The second kappa shape index (κ2) is 5.70. The molecule has 0 bridgehead atoms. The van der Waals surface area contributed by atoms with Crippen molar-refractivity contribution in [3.63, 3.8) is 0 Å². The fourth-order valence-corrected chi connectivity index (χ4v) is 7.02. The molecular formula is C29H16BN5O2. The van der Waals surface area contributed by atoms with Crippen molar-refractivity contribution >= 4 is 67.9 Å². The molecule has 3 aliphatic heterocycles. The van der Waals surface area contributed by atoms with Crippen molar-refractivity contribution in [2.75, 3.05) is 4.90 Å². The van der Waals surface area contributed by atoms with Crippen molar-refractivity contribution in [1.82, 2.24) is 18.8 Å². The SMILES string of the molecule is Cc1nc2cccc3c2n1-c1ccc2c4c1N3c1ccccc1B4n1c(=O)c3oc4ccccc4c3n1-2. The van der Waals surface area contributed by atoms with Gasteiger partial charge in [0.15, 0.2) is 0 Å². The van der Waals surface area contributed by atoms with E-state index in [0.29, 0.717) is 5.58 Å². The largest absolute Gasteiger partial charge is 0.448 e. The molecular weight excluding hydrogens is 461 g/mol. The average molecular weight is 477 g/mol. The summed E-state index contributed by atoms with van der Waals surface area (Å²) in [7, 11) is 0. The van der Waals surface area contributed by atoms with Gasteiger partial charge in [0.25, 0.3) is 5.56 Å². The molecule has 3 aliphatic rings. The Kier molecular flexibility index (Phi) is 2.82. The molecule has 172 valence electrons. The molecule has 0 N–H and O–H groups in total. The van der Waals surface area contributed by atoms with Gasteiger partial charge in [0.05, 0.1) is 33.8 Å². The minimum Gasteiger partial charge on any atom is -0.448 e. The maximum absolute atomic E-state index is 14.0. The molecule has 0 saturated heterocycles. The molecule has 37 heavy (non-hydrogen) atoms. The van der Waals surface area contributed by atoms with Crippen molar-refractivity contribution in [1.29, 1.82) is 0 Å². The Morgan fingerprint density at radius 2 is 1.62 bits per heavy atom. The lowest BCUT2D eigenvalue weighted by Gasteiger charge is -2.39. The summed E-state index contributed by atoms with van der Waals surface area (Å²) in [5.41, 5.74) is 11.6. The summed E-state index contributed by atoms with van der Waals surface area (Å²) in [5.74, 6) is 0.951. The Bertz CT molecular complexity index is 2270. The van der Waals surface area contributed by atoms with E-state index in [1.54, 1.807) is 0 Å². The summed E-state index contributed by atoms with van der Waals surface area (Å²) in [6.07, 6.45) is 0. The van der Waals surface area contributed by atoms with E-state index in [0.717, 1.165) is 72.7 Å². The molecule has 0 spiro atoms. The number of nitrogens with zero attached hydrogens (tertiary/aromatic N) is 5. The molecule has 4 aromatic carbocycles. The van der Waals surface area contributed by atoms with Crippen LogP contribution in [-0.2, 0) is 0 Å². The zero-order valence-corrected chi connectivity index (χ0v) is 19.6. The summed E-state index contributed by atoms with van der Waals surface area (Å²) >= 11 is 0. The van der Waals surface area contributed by atoms with E-state index in [9.17, 15) is 4.79 Å². The third kappa shape index (κ3) is 1.81. The van der Waals surface area contributed by atoms with Crippen LogP contribution in [0.4, 0.5) is 17.1 Å². The summed E-state index contributed by atoms with van der Waals surface area (Å²) < 4.78 is 12.4. The molecule has 0 atom stereocenters. The van der Waals surface area contributed by atoms with Crippen molar-refractivity contribution in [3.05, 3.63) is 95.0 Å². The molecule has 3 aromatic heterocycles. The first-order valence-corrected chi connectivity index (χ1v) is 12.4. The quantitative estimate of drug-likeness (QED) is 0.307. The van der Waals surface area contributed by atoms with Crippen LogP contribution in [0.5, 0.6) is 0 Å². The van der Waals surface area contributed by atoms with Crippen LogP contribution in [0.25, 0.3) is 44.5 Å². The number of benzene rings is 4. The van der Waals surface area contributed by atoms with Gasteiger partial charge in [-0.3, -0.25) is 18.6 Å². The second-order valence-electron chi connectivity index (χ2n) is 10.0. The van der Waals surface area contributed by atoms with E-state index < -0.39 is 0 Å². The lowest BCUT2D eigenvalue weighted by Crippen LogP contribution is -2.55. The number of hydrogen-bond acceptors (Lipinski definition) is 4. The predicted octanol–water partition coefficient (Wildman–Crippen LogP) is 4.25. The summed E-state index contributed by atoms with van der Waals surface area (Å²) in [4.78, 5) is 21.3. The van der Waals surface area contributed by atoms with Crippen LogP contribution in [0.3, 0.4) is 0 Å². The first-order valence-electron chi connectivity index (χ1n) is 12.4. The van der Waals surface area contributed by atoms with Crippen LogP contribution in [0.2, 0.25) is 0 Å². The number of imidazole rings is 1. The van der Waals surface area contributed by atoms with Crippen molar-refractivity contribution < 1.29 is 4.42 Å². The van der Waals surface area contributed by atoms with Crippen LogP contribution >= 0.6 is 0 Å². The molecule has 10 rings (SSSR count). The van der Waals surface area contributed by atoms with Crippen molar-refractivity contribution in [2.45, 2.75) is 6.92 Å². The minimum atomic E-state index is -0.254.